The number of hydrogen-bond donors (Lipinski definition) is 1. The van der Waals surface area contributed by atoms with Gasteiger partial charge in [-0.25, -0.2) is 14.8 Å². The number of likely N-dealkylation sites (tertiary alicyclic amines) is 1. The summed E-state index contributed by atoms with van der Waals surface area (Å²) in [4.78, 5) is 49.6. The number of urea groups is 1. The maximum atomic E-state index is 13.3. The van der Waals surface area contributed by atoms with Gasteiger partial charge in [0, 0.05) is 51.9 Å². The molecule has 5 rings (SSSR count). The van der Waals surface area contributed by atoms with Crippen molar-refractivity contribution in [3.8, 4) is 11.8 Å². The summed E-state index contributed by atoms with van der Waals surface area (Å²) < 4.78 is 16.6. The topological polar surface area (TPSA) is 147 Å². The van der Waals surface area contributed by atoms with Gasteiger partial charge < -0.3 is 19.1 Å². The molecule has 0 radical (unpaired) electrons. The second-order valence-corrected chi connectivity index (χ2v) is 9.78. The van der Waals surface area contributed by atoms with E-state index < -0.39 is 12.1 Å². The Hall–Kier alpha value is -4.08. The summed E-state index contributed by atoms with van der Waals surface area (Å²) in [5.41, 5.74) is 1.90. The molecule has 1 N–H and O–H groups in total. The molecule has 2 aromatic heterocycles. The van der Waals surface area contributed by atoms with Gasteiger partial charge in [0.05, 0.1) is 12.3 Å². The molecular weight excluding hydrogens is 504 g/mol. The van der Waals surface area contributed by atoms with Gasteiger partial charge in [-0.3, -0.25) is 19.8 Å². The van der Waals surface area contributed by atoms with Crippen LogP contribution in [0.1, 0.15) is 52.9 Å². The zero-order chi connectivity index (χ0) is 27.5. The summed E-state index contributed by atoms with van der Waals surface area (Å²) in [6.45, 7) is 1.19. The normalized spacial score (nSPS) is 22.1. The predicted octanol–water partition coefficient (Wildman–Crippen LogP) is 2.45. The first-order chi connectivity index (χ1) is 18.9. The fourth-order valence-corrected chi connectivity index (χ4v) is 5.15. The maximum Gasteiger partial charge on any atom is 0.328 e. The largest absolute Gasteiger partial charge is 0.486 e. The van der Waals surface area contributed by atoms with E-state index in [2.05, 4.69) is 21.4 Å². The fourth-order valence-electron chi connectivity index (χ4n) is 5.15. The molecule has 3 atom stereocenters. The van der Waals surface area contributed by atoms with Crippen LogP contribution in [-0.4, -0.2) is 78.7 Å². The Bertz CT molecular complexity index is 1320. The molecule has 1 saturated heterocycles. The van der Waals surface area contributed by atoms with E-state index in [9.17, 15) is 19.6 Å². The third-order valence-corrected chi connectivity index (χ3v) is 7.48. The highest BCUT2D eigenvalue weighted by atomic mass is 16.5. The summed E-state index contributed by atoms with van der Waals surface area (Å²) in [5.74, 6) is 0.838. The molecule has 0 unspecified atom stereocenters. The monoisotopic (exact) mass is 534 g/mol. The number of carbonyl (C=O) groups excluding carboxylic acids is 3. The van der Waals surface area contributed by atoms with Crippen LogP contribution in [0.3, 0.4) is 0 Å². The number of nitrogens with zero attached hydrogens (tertiary/aromatic N) is 5. The number of pyridine rings is 2. The lowest BCUT2D eigenvalue weighted by Gasteiger charge is -2.35. The van der Waals surface area contributed by atoms with Gasteiger partial charge in [-0.2, -0.15) is 5.26 Å². The second kappa shape index (κ2) is 11.3. The van der Waals surface area contributed by atoms with Crippen LogP contribution < -0.4 is 15.0 Å². The van der Waals surface area contributed by atoms with E-state index in [0.717, 1.165) is 18.4 Å². The number of carbonyl (C=O) groups is 3. The average Bonchev–Trinajstić information content (AvgIpc) is 3.29. The van der Waals surface area contributed by atoms with Crippen LogP contribution in [0.15, 0.2) is 18.3 Å². The van der Waals surface area contributed by atoms with Crippen molar-refractivity contribution in [1.29, 1.82) is 5.26 Å². The molecule has 0 bridgehead atoms. The number of aldehydes is 1. The molecule has 0 spiro atoms. The van der Waals surface area contributed by atoms with Crippen molar-refractivity contribution < 1.29 is 28.6 Å². The van der Waals surface area contributed by atoms with Crippen LogP contribution in [-0.2, 0) is 27.2 Å². The first-order valence-electron chi connectivity index (χ1n) is 12.9. The quantitative estimate of drug-likeness (QED) is 0.504. The van der Waals surface area contributed by atoms with E-state index in [1.165, 1.54) is 24.3 Å². The van der Waals surface area contributed by atoms with Gasteiger partial charge in [-0.1, -0.05) is 0 Å². The third kappa shape index (κ3) is 5.28. The van der Waals surface area contributed by atoms with Crippen molar-refractivity contribution in [2.45, 2.75) is 57.0 Å². The smallest absolute Gasteiger partial charge is 0.328 e. The Labute approximate surface area is 225 Å². The van der Waals surface area contributed by atoms with E-state index in [1.807, 2.05) is 6.07 Å². The molecule has 2 fully saturated rings. The predicted molar refractivity (Wildman–Crippen MR) is 139 cm³/mol. The van der Waals surface area contributed by atoms with Crippen molar-refractivity contribution in [1.82, 2.24) is 14.9 Å². The summed E-state index contributed by atoms with van der Waals surface area (Å²) in [7, 11) is 3.13. The minimum absolute atomic E-state index is 0.0411. The summed E-state index contributed by atoms with van der Waals surface area (Å²) in [5, 5.41) is 12.2. The van der Waals surface area contributed by atoms with E-state index >= 15 is 0 Å². The van der Waals surface area contributed by atoms with E-state index in [4.69, 9.17) is 14.2 Å². The number of aromatic nitrogens is 2. The van der Waals surface area contributed by atoms with Gasteiger partial charge in [0.25, 0.3) is 5.91 Å². The van der Waals surface area contributed by atoms with Gasteiger partial charge in [-0.05, 0) is 37.3 Å². The van der Waals surface area contributed by atoms with Crippen LogP contribution in [0, 0.1) is 11.3 Å². The molecular formula is C27H30N6O6. The molecule has 2 aromatic rings. The van der Waals surface area contributed by atoms with Crippen molar-refractivity contribution in [2.24, 2.45) is 0 Å². The van der Waals surface area contributed by atoms with Gasteiger partial charge in [0.15, 0.2) is 6.29 Å². The Kier molecular flexibility index (Phi) is 7.72. The number of amides is 3. The van der Waals surface area contributed by atoms with E-state index in [1.54, 1.807) is 12.0 Å². The highest BCUT2D eigenvalue weighted by Crippen LogP contribution is 2.32. The van der Waals surface area contributed by atoms with Crippen molar-refractivity contribution in [3.05, 3.63) is 40.7 Å². The Balaban J connectivity index is 1.34. The molecule has 3 aliphatic rings. The number of rotatable bonds is 8. The highest BCUT2D eigenvalue weighted by Gasteiger charge is 2.34. The minimum Gasteiger partial charge on any atom is -0.486 e. The van der Waals surface area contributed by atoms with Gasteiger partial charge >= 0.3 is 6.03 Å². The number of methoxy groups -OCH3 is 2. The van der Waals surface area contributed by atoms with Crippen LogP contribution >= 0.6 is 0 Å². The van der Waals surface area contributed by atoms with Crippen molar-refractivity contribution in [2.75, 3.05) is 37.5 Å². The Morgan fingerprint density at radius 2 is 2.03 bits per heavy atom. The number of aryl methyl sites for hydroxylation is 1. The highest BCUT2D eigenvalue weighted by molar-refractivity contribution is 6.01. The fraction of sp³-hybridized carbons (Fsp3) is 0.481. The zero-order valence-corrected chi connectivity index (χ0v) is 21.9. The lowest BCUT2D eigenvalue weighted by Crippen LogP contribution is -2.42. The third-order valence-electron chi connectivity index (χ3n) is 7.48. The standard InChI is InChI=1S/C27H30N6O6/c1-37-20-5-6-21(20)39-23-11-24(29-13-18(23)12-28)31-27(36)33-8-3-4-16-10-17(19(15-34)30-25(16)33)14-32-9-7-22(38-2)26(32)35/h10-11,13,15,20-22H,3-9,14H2,1-2H3,(H,29,31,36)/t20-,21-,22+/m0/s1. The van der Waals surface area contributed by atoms with Gasteiger partial charge in [0.1, 0.15) is 46.9 Å². The maximum absolute atomic E-state index is 13.3. The first-order valence-corrected chi connectivity index (χ1v) is 12.9. The molecule has 1 aliphatic carbocycles. The Morgan fingerprint density at radius 3 is 2.69 bits per heavy atom. The summed E-state index contributed by atoms with van der Waals surface area (Å²) in [6, 6.07) is 4.98. The van der Waals surface area contributed by atoms with E-state index in [-0.39, 0.29) is 41.7 Å². The van der Waals surface area contributed by atoms with Crippen molar-refractivity contribution >= 4 is 29.9 Å². The van der Waals surface area contributed by atoms with Crippen molar-refractivity contribution in [3.63, 3.8) is 0 Å². The second-order valence-electron chi connectivity index (χ2n) is 9.78. The van der Waals surface area contributed by atoms with Gasteiger partial charge in [0.2, 0.25) is 0 Å². The molecule has 39 heavy (non-hydrogen) atoms. The van der Waals surface area contributed by atoms with Crippen LogP contribution in [0.5, 0.6) is 5.75 Å². The molecule has 3 amide bonds. The number of ether oxygens (including phenoxy) is 3. The molecule has 0 aromatic carbocycles. The number of nitriles is 1. The number of anilines is 2. The molecule has 12 heteroatoms. The zero-order valence-electron chi connectivity index (χ0n) is 21.9. The van der Waals surface area contributed by atoms with Crippen LogP contribution in [0.25, 0.3) is 0 Å². The molecule has 2 aliphatic heterocycles. The van der Waals surface area contributed by atoms with Gasteiger partial charge in [-0.15, -0.1) is 0 Å². The first kappa shape index (κ1) is 26.5. The molecule has 204 valence electrons. The minimum atomic E-state index is -0.466. The molecule has 1 saturated carbocycles. The number of nitrogens with one attached hydrogen (secondary N) is 1. The molecule has 12 nitrogen and oxygen atoms in total. The number of fused-ring (bicyclic) bond motifs is 1. The molecule has 4 heterocycles. The van der Waals surface area contributed by atoms with Crippen LogP contribution in [0.4, 0.5) is 16.4 Å². The lowest BCUT2D eigenvalue weighted by molar-refractivity contribution is -0.136. The lowest BCUT2D eigenvalue weighted by atomic mass is 9.92. The Morgan fingerprint density at radius 1 is 1.21 bits per heavy atom. The average molecular weight is 535 g/mol. The summed E-state index contributed by atoms with van der Waals surface area (Å²) in [6.07, 6.45) is 5.00. The number of hydrogen-bond acceptors (Lipinski definition) is 9. The SMILES string of the molecule is CO[C@H]1CC[C@@H]1Oc1cc(NC(=O)N2CCCc3cc(CN4CC[C@@H](OC)C4=O)c(C=O)nc32)ncc1C#N. The van der Waals surface area contributed by atoms with Crippen LogP contribution in [0.2, 0.25) is 0 Å². The summed E-state index contributed by atoms with van der Waals surface area (Å²) >= 11 is 0. The van der Waals surface area contributed by atoms with E-state index in [0.29, 0.717) is 55.8 Å².